The molecule has 0 radical (unpaired) electrons. The van der Waals surface area contributed by atoms with Gasteiger partial charge < -0.3 is 14.8 Å². The number of fused-ring (bicyclic) bond motifs is 1. The van der Waals surface area contributed by atoms with Gasteiger partial charge in [-0.25, -0.2) is 8.42 Å². The van der Waals surface area contributed by atoms with Gasteiger partial charge >= 0.3 is 0 Å². The van der Waals surface area contributed by atoms with Crippen molar-refractivity contribution in [2.45, 2.75) is 30.7 Å². The number of rotatable bonds is 4. The topological polar surface area (TPSA) is 109 Å². The van der Waals surface area contributed by atoms with Gasteiger partial charge in [-0.15, -0.1) is 0 Å². The Balaban J connectivity index is 1.40. The van der Waals surface area contributed by atoms with Crippen molar-refractivity contribution < 1.29 is 22.7 Å². The van der Waals surface area contributed by atoms with Crippen molar-refractivity contribution in [3.05, 3.63) is 48.0 Å². The van der Waals surface area contributed by atoms with Crippen LogP contribution in [0.3, 0.4) is 0 Å². The molecule has 4 rings (SSSR count). The minimum absolute atomic E-state index is 0.0611. The highest BCUT2D eigenvalue weighted by Gasteiger charge is 2.40. The van der Waals surface area contributed by atoms with E-state index in [0.717, 1.165) is 11.3 Å². The van der Waals surface area contributed by atoms with Crippen molar-refractivity contribution in [3.8, 4) is 11.5 Å². The number of nitrogens with one attached hydrogen (secondary N) is 3. The van der Waals surface area contributed by atoms with Crippen LogP contribution in [0, 0.1) is 6.92 Å². The number of benzene rings is 2. The zero-order valence-corrected chi connectivity index (χ0v) is 19.1. The van der Waals surface area contributed by atoms with Crippen LogP contribution in [-0.2, 0) is 14.8 Å². The number of ether oxygens (including phenoxy) is 2. The lowest BCUT2D eigenvalue weighted by atomic mass is 10.2. The van der Waals surface area contributed by atoms with E-state index >= 15 is 0 Å². The number of amides is 1. The number of aryl methyl sites for hydroxylation is 1. The zero-order chi connectivity index (χ0) is 22.7. The van der Waals surface area contributed by atoms with Gasteiger partial charge in [0, 0.05) is 18.3 Å². The van der Waals surface area contributed by atoms with Crippen LogP contribution in [-0.4, -0.2) is 49.5 Å². The third-order valence-electron chi connectivity index (χ3n) is 5.24. The molecular weight excluding hydrogens is 452 g/mol. The van der Waals surface area contributed by atoms with E-state index in [1.165, 1.54) is 16.4 Å². The maximum Gasteiger partial charge on any atom is 0.256 e. The molecule has 1 atom stereocenters. The summed E-state index contributed by atoms with van der Waals surface area (Å²) < 4.78 is 38.6. The lowest BCUT2D eigenvalue weighted by Crippen LogP contribution is -2.52. The molecule has 32 heavy (non-hydrogen) atoms. The molecule has 2 heterocycles. The van der Waals surface area contributed by atoms with Crippen molar-refractivity contribution >= 4 is 38.9 Å². The average molecular weight is 477 g/mol. The van der Waals surface area contributed by atoms with Crippen LogP contribution in [0.4, 0.5) is 5.69 Å². The van der Waals surface area contributed by atoms with Crippen LogP contribution in [0.5, 0.6) is 11.5 Å². The second kappa shape index (κ2) is 9.31. The second-order valence-corrected chi connectivity index (χ2v) is 9.81. The highest BCUT2D eigenvalue weighted by Crippen LogP contribution is 2.34. The summed E-state index contributed by atoms with van der Waals surface area (Å²) in [5, 5.41) is 3.16. The molecule has 2 aromatic carbocycles. The molecule has 0 saturated carbocycles. The standard InChI is InChI=1S/C21H24N4O5S2/c1-14-4-6-15(7-5-14)22-21(31)24-23-20(26)17-3-2-10-25(17)32(27,28)16-8-9-18-19(13-16)30-12-11-29-18/h4-9,13,17H,2-3,10-12H2,1H3,(H,23,26)(H2,22,24,31)/t17-/m0/s1. The summed E-state index contributed by atoms with van der Waals surface area (Å²) >= 11 is 5.20. The quantitative estimate of drug-likeness (QED) is 0.454. The molecule has 0 spiro atoms. The average Bonchev–Trinajstić information content (AvgIpc) is 3.30. The van der Waals surface area contributed by atoms with Crippen LogP contribution >= 0.6 is 12.2 Å². The SMILES string of the molecule is Cc1ccc(NC(=S)NNC(=O)[C@@H]2CCCN2S(=O)(=O)c2ccc3c(c2)OCCO3)cc1. The number of hydrogen-bond acceptors (Lipinski definition) is 6. The number of anilines is 1. The minimum Gasteiger partial charge on any atom is -0.486 e. The molecule has 170 valence electrons. The third-order valence-corrected chi connectivity index (χ3v) is 7.34. The van der Waals surface area contributed by atoms with Crippen LogP contribution in [0.15, 0.2) is 47.4 Å². The largest absolute Gasteiger partial charge is 0.486 e. The second-order valence-electron chi connectivity index (χ2n) is 7.51. The van der Waals surface area contributed by atoms with E-state index < -0.39 is 22.0 Å². The van der Waals surface area contributed by atoms with Gasteiger partial charge in [-0.3, -0.25) is 15.6 Å². The molecule has 0 bridgehead atoms. The molecule has 1 amide bonds. The number of carbonyl (C=O) groups is 1. The number of sulfonamides is 1. The van der Waals surface area contributed by atoms with Crippen molar-refractivity contribution in [2.75, 3.05) is 25.1 Å². The molecule has 1 fully saturated rings. The van der Waals surface area contributed by atoms with Crippen molar-refractivity contribution in [1.29, 1.82) is 0 Å². The summed E-state index contributed by atoms with van der Waals surface area (Å²) in [6, 6.07) is 11.2. The molecule has 0 aliphatic carbocycles. The van der Waals surface area contributed by atoms with Gasteiger partial charge in [-0.05, 0) is 56.2 Å². The van der Waals surface area contributed by atoms with Gasteiger partial charge in [-0.2, -0.15) is 4.31 Å². The van der Waals surface area contributed by atoms with Crippen LogP contribution in [0.25, 0.3) is 0 Å². The number of hydrazine groups is 1. The maximum atomic E-state index is 13.2. The van der Waals surface area contributed by atoms with Crippen molar-refractivity contribution in [3.63, 3.8) is 0 Å². The third kappa shape index (κ3) is 4.79. The molecule has 9 nitrogen and oxygen atoms in total. The number of nitrogens with zero attached hydrogens (tertiary/aromatic N) is 1. The Hall–Kier alpha value is -2.89. The Labute approximate surface area is 192 Å². The van der Waals surface area contributed by atoms with Gasteiger partial charge in [0.25, 0.3) is 5.91 Å². The molecule has 0 unspecified atom stereocenters. The van der Waals surface area contributed by atoms with Crippen LogP contribution < -0.4 is 25.6 Å². The Kier molecular flexibility index (Phi) is 6.49. The molecule has 2 aromatic rings. The molecule has 3 N–H and O–H groups in total. The summed E-state index contributed by atoms with van der Waals surface area (Å²) in [4.78, 5) is 12.8. The molecule has 11 heteroatoms. The lowest BCUT2D eigenvalue weighted by Gasteiger charge is -2.25. The molecule has 1 saturated heterocycles. The first-order chi connectivity index (χ1) is 15.3. The van der Waals surface area contributed by atoms with Crippen molar-refractivity contribution in [2.24, 2.45) is 0 Å². The molecule has 2 aliphatic heterocycles. The van der Waals surface area contributed by atoms with Crippen LogP contribution in [0.2, 0.25) is 0 Å². The van der Waals surface area contributed by atoms with E-state index in [9.17, 15) is 13.2 Å². The normalized spacial score (nSPS) is 18.1. The number of thiocarbonyl (C=S) groups is 1. The first-order valence-corrected chi connectivity index (χ1v) is 12.0. The molecule has 0 aromatic heterocycles. The number of carbonyl (C=O) groups excluding carboxylic acids is 1. The molecular formula is C21H24N4O5S2. The first-order valence-electron chi connectivity index (χ1n) is 10.2. The fourth-order valence-corrected chi connectivity index (χ4v) is 5.45. The fourth-order valence-electron chi connectivity index (χ4n) is 3.61. The Morgan fingerprint density at radius 3 is 2.53 bits per heavy atom. The number of hydrogen-bond donors (Lipinski definition) is 3. The maximum absolute atomic E-state index is 13.2. The predicted octanol–water partition coefficient (Wildman–Crippen LogP) is 1.94. The summed E-state index contributed by atoms with van der Waals surface area (Å²) in [5.41, 5.74) is 7.04. The summed E-state index contributed by atoms with van der Waals surface area (Å²) in [6.07, 6.45) is 0.989. The first kappa shape index (κ1) is 22.3. The smallest absolute Gasteiger partial charge is 0.256 e. The van der Waals surface area contributed by atoms with Gasteiger partial charge in [0.1, 0.15) is 19.3 Å². The van der Waals surface area contributed by atoms with Gasteiger partial charge in [0.15, 0.2) is 16.6 Å². The Morgan fingerprint density at radius 1 is 1.06 bits per heavy atom. The van der Waals surface area contributed by atoms with E-state index in [4.69, 9.17) is 21.7 Å². The van der Waals surface area contributed by atoms with Crippen LogP contribution in [0.1, 0.15) is 18.4 Å². The van der Waals surface area contributed by atoms with Gasteiger partial charge in [0.05, 0.1) is 4.90 Å². The van der Waals surface area contributed by atoms with Gasteiger partial charge in [0.2, 0.25) is 10.0 Å². The minimum atomic E-state index is -3.90. The summed E-state index contributed by atoms with van der Waals surface area (Å²) in [5.74, 6) is 0.410. The highest BCUT2D eigenvalue weighted by atomic mass is 32.2. The zero-order valence-electron chi connectivity index (χ0n) is 17.5. The van der Waals surface area contributed by atoms with E-state index in [1.54, 1.807) is 6.07 Å². The monoisotopic (exact) mass is 476 g/mol. The van der Waals surface area contributed by atoms with Gasteiger partial charge in [-0.1, -0.05) is 17.7 Å². The lowest BCUT2D eigenvalue weighted by molar-refractivity contribution is -0.124. The molecule has 2 aliphatic rings. The Bertz CT molecular complexity index is 1120. The van der Waals surface area contributed by atoms with E-state index in [2.05, 4.69) is 16.2 Å². The highest BCUT2D eigenvalue weighted by molar-refractivity contribution is 7.89. The van der Waals surface area contributed by atoms with E-state index in [-0.39, 0.29) is 16.6 Å². The van der Waals surface area contributed by atoms with E-state index in [1.807, 2.05) is 31.2 Å². The summed E-state index contributed by atoms with van der Waals surface area (Å²) in [7, 11) is -3.90. The predicted molar refractivity (Wildman–Crippen MR) is 123 cm³/mol. The Morgan fingerprint density at radius 2 is 1.78 bits per heavy atom. The summed E-state index contributed by atoms with van der Waals surface area (Å²) in [6.45, 7) is 3.00. The van der Waals surface area contributed by atoms with E-state index in [0.29, 0.717) is 37.6 Å². The fraction of sp³-hybridized carbons (Fsp3) is 0.333. The van der Waals surface area contributed by atoms with Crippen molar-refractivity contribution in [1.82, 2.24) is 15.2 Å².